The number of benzene rings is 2. The van der Waals surface area contributed by atoms with Gasteiger partial charge in [0.1, 0.15) is 11.6 Å². The number of hydrogen-bond acceptors (Lipinski definition) is 5. The van der Waals surface area contributed by atoms with E-state index < -0.39 is 11.2 Å². The van der Waals surface area contributed by atoms with Crippen LogP contribution in [0.1, 0.15) is 23.9 Å². The Labute approximate surface area is 191 Å². The zero-order valence-corrected chi connectivity index (χ0v) is 19.1. The molecule has 2 aromatic carbocycles. The van der Waals surface area contributed by atoms with Crippen LogP contribution < -0.4 is 11.2 Å². The van der Waals surface area contributed by atoms with Crippen molar-refractivity contribution in [1.82, 2.24) is 23.6 Å². The van der Waals surface area contributed by atoms with E-state index in [1.54, 1.807) is 11.6 Å². The van der Waals surface area contributed by atoms with E-state index >= 15 is 0 Å². The minimum Gasteiger partial charge on any atom is -0.314 e. The Balaban J connectivity index is 1.81. The van der Waals surface area contributed by atoms with E-state index in [9.17, 15) is 14.4 Å². The van der Waals surface area contributed by atoms with Gasteiger partial charge in [0.05, 0.1) is 13.1 Å². The van der Waals surface area contributed by atoms with Gasteiger partial charge >= 0.3 is 5.69 Å². The highest BCUT2D eigenvalue weighted by Gasteiger charge is 2.21. The predicted octanol–water partition coefficient (Wildman–Crippen LogP) is 2.23. The van der Waals surface area contributed by atoms with E-state index in [2.05, 4.69) is 34.1 Å². The zero-order valence-electron chi connectivity index (χ0n) is 19.1. The monoisotopic (exact) mass is 445 g/mol. The number of aromatic nitrogens is 4. The van der Waals surface area contributed by atoms with Crippen molar-refractivity contribution >= 4 is 16.9 Å². The van der Waals surface area contributed by atoms with Gasteiger partial charge in [-0.2, -0.15) is 0 Å². The van der Waals surface area contributed by atoms with Gasteiger partial charge in [-0.05, 0) is 18.1 Å². The summed E-state index contributed by atoms with van der Waals surface area (Å²) < 4.78 is 4.06. The van der Waals surface area contributed by atoms with E-state index in [0.29, 0.717) is 31.1 Å². The van der Waals surface area contributed by atoms with Gasteiger partial charge in [0.25, 0.3) is 5.56 Å². The molecule has 0 atom stereocenters. The van der Waals surface area contributed by atoms with Crippen molar-refractivity contribution < 1.29 is 4.79 Å². The number of hydrogen-bond donors (Lipinski definition) is 0. The third-order valence-corrected chi connectivity index (χ3v) is 5.67. The molecule has 0 aliphatic rings. The first kappa shape index (κ1) is 22.4. The average Bonchev–Trinajstić information content (AvgIpc) is 3.15. The topological polar surface area (TPSA) is 82.1 Å². The van der Waals surface area contributed by atoms with Crippen molar-refractivity contribution in [2.75, 3.05) is 0 Å². The maximum atomic E-state index is 12.9. The van der Waals surface area contributed by atoms with Crippen LogP contribution in [0.2, 0.25) is 0 Å². The number of fused-ring (bicyclic) bond motifs is 1. The lowest BCUT2D eigenvalue weighted by Crippen LogP contribution is -2.37. The number of nitrogens with zero attached hydrogens (tertiary/aromatic N) is 5. The molecule has 33 heavy (non-hydrogen) atoms. The maximum absolute atomic E-state index is 12.9. The maximum Gasteiger partial charge on any atom is 0.332 e. The molecule has 0 fully saturated rings. The van der Waals surface area contributed by atoms with Crippen LogP contribution in [0.4, 0.5) is 0 Å². The summed E-state index contributed by atoms with van der Waals surface area (Å²) in [6, 6.07) is 20.2. The largest absolute Gasteiger partial charge is 0.332 e. The molecule has 170 valence electrons. The smallest absolute Gasteiger partial charge is 0.314 e. The zero-order chi connectivity index (χ0) is 23.5. The van der Waals surface area contributed by atoms with Crippen molar-refractivity contribution in [3.05, 3.63) is 98.5 Å². The summed E-state index contributed by atoms with van der Waals surface area (Å²) in [5, 5.41) is 0. The molecule has 0 N–H and O–H groups in total. The van der Waals surface area contributed by atoms with E-state index in [1.165, 1.54) is 18.5 Å². The number of ketones is 1. The van der Waals surface area contributed by atoms with Gasteiger partial charge in [-0.3, -0.25) is 23.6 Å². The highest BCUT2D eigenvalue weighted by molar-refractivity contribution is 5.79. The molecule has 0 aliphatic heterocycles. The molecule has 4 rings (SSSR count). The standard InChI is InChI=1S/C25H27N5O3/c1-18(31)14-30-21(26-23-22(30)24(32)28(3)25(33)27(23)2)17-29(15-19-10-6-4-7-11-19)16-20-12-8-5-9-13-20/h4-13H,14-17H2,1-3H3. The first-order valence-electron chi connectivity index (χ1n) is 10.8. The molecule has 0 spiro atoms. The lowest BCUT2D eigenvalue weighted by Gasteiger charge is -2.23. The van der Waals surface area contributed by atoms with E-state index in [4.69, 9.17) is 0 Å². The Bertz CT molecular complexity index is 1360. The van der Waals surface area contributed by atoms with Crippen molar-refractivity contribution in [3.8, 4) is 0 Å². The van der Waals surface area contributed by atoms with Gasteiger partial charge in [0.15, 0.2) is 11.2 Å². The Morgan fingerprint density at radius 1 is 0.848 bits per heavy atom. The number of Topliss-reactive ketones (excluding diaryl/α,β-unsaturated/α-hetero) is 1. The molecule has 0 amide bonds. The van der Waals surface area contributed by atoms with Crippen LogP contribution in [-0.4, -0.2) is 29.4 Å². The lowest BCUT2D eigenvalue weighted by molar-refractivity contribution is -0.117. The minimum absolute atomic E-state index is 0.0176. The molecular formula is C25H27N5O3. The highest BCUT2D eigenvalue weighted by Crippen LogP contribution is 2.17. The first-order chi connectivity index (χ1) is 15.8. The molecule has 0 bridgehead atoms. The molecule has 0 unspecified atom stereocenters. The Morgan fingerprint density at radius 2 is 1.39 bits per heavy atom. The molecule has 0 radical (unpaired) electrons. The quantitative estimate of drug-likeness (QED) is 0.415. The van der Waals surface area contributed by atoms with Crippen molar-refractivity contribution in [1.29, 1.82) is 0 Å². The highest BCUT2D eigenvalue weighted by atomic mass is 16.2. The van der Waals surface area contributed by atoms with Crippen LogP contribution in [0.3, 0.4) is 0 Å². The van der Waals surface area contributed by atoms with E-state index in [0.717, 1.165) is 15.7 Å². The number of imidazole rings is 1. The van der Waals surface area contributed by atoms with Gasteiger partial charge < -0.3 is 4.57 Å². The SMILES string of the molecule is CC(=O)Cn1c(CN(Cc2ccccc2)Cc2ccccc2)nc2c1c(=O)n(C)c(=O)n2C. The summed E-state index contributed by atoms with van der Waals surface area (Å²) in [5.74, 6) is 0.481. The fourth-order valence-electron chi connectivity index (χ4n) is 4.06. The lowest BCUT2D eigenvalue weighted by atomic mass is 10.1. The van der Waals surface area contributed by atoms with Crippen LogP contribution in [0.25, 0.3) is 11.2 Å². The number of carbonyl (C=O) groups is 1. The van der Waals surface area contributed by atoms with Gasteiger partial charge in [-0.1, -0.05) is 60.7 Å². The molecule has 0 saturated carbocycles. The van der Waals surface area contributed by atoms with Crippen molar-refractivity contribution in [2.24, 2.45) is 14.1 Å². The summed E-state index contributed by atoms with van der Waals surface area (Å²) >= 11 is 0. The van der Waals surface area contributed by atoms with Crippen LogP contribution in [0.5, 0.6) is 0 Å². The number of aryl methyl sites for hydroxylation is 1. The molecule has 0 saturated heterocycles. The predicted molar refractivity (Wildman–Crippen MR) is 127 cm³/mol. The van der Waals surface area contributed by atoms with Crippen LogP contribution >= 0.6 is 0 Å². The van der Waals surface area contributed by atoms with Crippen LogP contribution in [0, 0.1) is 0 Å². The van der Waals surface area contributed by atoms with Crippen LogP contribution in [-0.2, 0) is 45.1 Å². The van der Waals surface area contributed by atoms with Crippen molar-refractivity contribution in [2.45, 2.75) is 33.1 Å². The third kappa shape index (κ3) is 4.70. The Morgan fingerprint density at radius 3 is 1.91 bits per heavy atom. The number of carbonyl (C=O) groups excluding carboxylic acids is 1. The second-order valence-electron chi connectivity index (χ2n) is 8.31. The second kappa shape index (κ2) is 9.38. The van der Waals surface area contributed by atoms with Gasteiger partial charge in [-0.25, -0.2) is 9.78 Å². The summed E-state index contributed by atoms with van der Waals surface area (Å²) in [6.07, 6.45) is 0. The summed E-state index contributed by atoms with van der Waals surface area (Å²) in [4.78, 5) is 44.4. The molecule has 2 heterocycles. The Hall–Kier alpha value is -3.78. The summed E-state index contributed by atoms with van der Waals surface area (Å²) in [6.45, 7) is 3.23. The number of rotatable bonds is 8. The van der Waals surface area contributed by atoms with Crippen LogP contribution in [0.15, 0.2) is 70.3 Å². The summed E-state index contributed by atoms with van der Waals surface area (Å²) in [5.41, 5.74) is 1.95. The van der Waals surface area contributed by atoms with Gasteiger partial charge in [0.2, 0.25) is 0 Å². The molecule has 8 nitrogen and oxygen atoms in total. The third-order valence-electron chi connectivity index (χ3n) is 5.67. The fraction of sp³-hybridized carbons (Fsp3) is 0.280. The molecular weight excluding hydrogens is 418 g/mol. The normalized spacial score (nSPS) is 11.4. The van der Waals surface area contributed by atoms with E-state index in [1.807, 2.05) is 36.4 Å². The minimum atomic E-state index is -0.453. The summed E-state index contributed by atoms with van der Waals surface area (Å²) in [7, 11) is 3.02. The first-order valence-corrected chi connectivity index (χ1v) is 10.8. The molecule has 2 aromatic heterocycles. The fourth-order valence-corrected chi connectivity index (χ4v) is 4.06. The van der Waals surface area contributed by atoms with Gasteiger partial charge in [0, 0.05) is 27.2 Å². The van der Waals surface area contributed by atoms with Gasteiger partial charge in [-0.15, -0.1) is 0 Å². The molecule has 0 aliphatic carbocycles. The average molecular weight is 446 g/mol. The second-order valence-corrected chi connectivity index (χ2v) is 8.31. The van der Waals surface area contributed by atoms with E-state index in [-0.39, 0.29) is 17.8 Å². The molecule has 8 heteroatoms. The molecule has 4 aromatic rings. The Kier molecular flexibility index (Phi) is 6.37. The van der Waals surface area contributed by atoms with Crippen molar-refractivity contribution in [3.63, 3.8) is 0 Å².